The first-order valence-electron chi connectivity index (χ1n) is 7.52. The zero-order valence-corrected chi connectivity index (χ0v) is 13.5. The maximum absolute atomic E-state index is 12.2. The molecule has 0 aromatic heterocycles. The molecular formula is C16H24O6. The van der Waals surface area contributed by atoms with E-state index < -0.39 is 23.8 Å². The summed E-state index contributed by atoms with van der Waals surface area (Å²) in [5, 5.41) is 0. The van der Waals surface area contributed by atoms with Gasteiger partial charge in [-0.1, -0.05) is 24.8 Å². The minimum Gasteiger partial charge on any atom is -0.468 e. The summed E-state index contributed by atoms with van der Waals surface area (Å²) < 4.78 is 14.1. The molecule has 0 atom stereocenters. The largest absolute Gasteiger partial charge is 0.468 e. The highest BCUT2D eigenvalue weighted by molar-refractivity contribution is 6.07. The molecule has 0 aliphatic heterocycles. The van der Waals surface area contributed by atoms with Crippen molar-refractivity contribution in [1.82, 2.24) is 0 Å². The van der Waals surface area contributed by atoms with Crippen LogP contribution in [-0.2, 0) is 28.6 Å². The smallest absolute Gasteiger partial charge is 0.335 e. The lowest BCUT2D eigenvalue weighted by Crippen LogP contribution is -2.33. The van der Waals surface area contributed by atoms with Crippen LogP contribution in [0.4, 0.5) is 0 Å². The van der Waals surface area contributed by atoms with Crippen molar-refractivity contribution < 1.29 is 28.6 Å². The topological polar surface area (TPSA) is 78.9 Å². The molecule has 6 nitrogen and oxygen atoms in total. The van der Waals surface area contributed by atoms with Crippen molar-refractivity contribution in [1.29, 1.82) is 0 Å². The second kappa shape index (κ2) is 9.23. The summed E-state index contributed by atoms with van der Waals surface area (Å²) in [6.45, 7) is 0. The second-order valence-electron chi connectivity index (χ2n) is 5.26. The van der Waals surface area contributed by atoms with E-state index in [0.717, 1.165) is 37.7 Å². The molecule has 0 heterocycles. The Morgan fingerprint density at radius 3 is 1.64 bits per heavy atom. The summed E-state index contributed by atoms with van der Waals surface area (Å²) in [4.78, 5) is 36.2. The van der Waals surface area contributed by atoms with Crippen molar-refractivity contribution in [3.63, 3.8) is 0 Å². The number of hydrogen-bond acceptors (Lipinski definition) is 6. The predicted octanol–water partition coefficient (Wildman–Crippen LogP) is 2.16. The van der Waals surface area contributed by atoms with Gasteiger partial charge in [-0.2, -0.15) is 0 Å². The molecule has 0 amide bonds. The van der Waals surface area contributed by atoms with Gasteiger partial charge in [-0.15, -0.1) is 0 Å². The van der Waals surface area contributed by atoms with Crippen molar-refractivity contribution in [2.24, 2.45) is 5.92 Å². The summed E-state index contributed by atoms with van der Waals surface area (Å²) in [6.07, 6.45) is 6.50. The van der Waals surface area contributed by atoms with Gasteiger partial charge in [0, 0.05) is 0 Å². The Balaban J connectivity index is 3.30. The van der Waals surface area contributed by atoms with Gasteiger partial charge < -0.3 is 14.2 Å². The Morgan fingerprint density at radius 2 is 1.23 bits per heavy atom. The van der Waals surface area contributed by atoms with Crippen LogP contribution in [-0.4, -0.2) is 39.2 Å². The number of ether oxygens (including phenoxy) is 3. The monoisotopic (exact) mass is 312 g/mol. The molecule has 0 unspecified atom stereocenters. The highest BCUT2D eigenvalue weighted by atomic mass is 16.5. The van der Waals surface area contributed by atoms with Crippen molar-refractivity contribution in [3.05, 3.63) is 11.1 Å². The molecule has 0 aromatic carbocycles. The minimum absolute atomic E-state index is 0.0862. The van der Waals surface area contributed by atoms with Crippen LogP contribution < -0.4 is 0 Å². The van der Waals surface area contributed by atoms with E-state index in [-0.39, 0.29) is 5.57 Å². The summed E-state index contributed by atoms with van der Waals surface area (Å²) in [5.41, 5.74) is 0.885. The number of rotatable bonds is 4. The highest BCUT2D eigenvalue weighted by Crippen LogP contribution is 2.29. The van der Waals surface area contributed by atoms with E-state index in [4.69, 9.17) is 4.74 Å². The van der Waals surface area contributed by atoms with Crippen LogP contribution in [0.15, 0.2) is 11.1 Å². The lowest BCUT2D eigenvalue weighted by Gasteiger charge is -2.20. The molecule has 0 saturated heterocycles. The Kier molecular flexibility index (Phi) is 7.63. The molecule has 0 aromatic rings. The van der Waals surface area contributed by atoms with E-state index in [1.54, 1.807) is 0 Å². The van der Waals surface area contributed by atoms with Crippen LogP contribution >= 0.6 is 0 Å². The third-order valence-corrected chi connectivity index (χ3v) is 3.91. The fourth-order valence-corrected chi connectivity index (χ4v) is 2.75. The molecule has 0 N–H and O–H groups in total. The van der Waals surface area contributed by atoms with Gasteiger partial charge in [0.15, 0.2) is 5.92 Å². The zero-order chi connectivity index (χ0) is 16.5. The van der Waals surface area contributed by atoms with Gasteiger partial charge in [-0.3, -0.25) is 9.59 Å². The fraction of sp³-hybridized carbons (Fsp3) is 0.688. The molecule has 6 heteroatoms. The lowest BCUT2D eigenvalue weighted by molar-refractivity contribution is -0.159. The number of methoxy groups -OCH3 is 3. The average Bonchev–Trinajstić information content (AvgIpc) is 2.51. The molecule has 1 aliphatic rings. The first kappa shape index (κ1) is 18.2. The summed E-state index contributed by atoms with van der Waals surface area (Å²) in [6, 6.07) is 0. The van der Waals surface area contributed by atoms with Crippen LogP contribution in [0.2, 0.25) is 0 Å². The molecule has 0 spiro atoms. The van der Waals surface area contributed by atoms with Gasteiger partial charge in [0.25, 0.3) is 0 Å². The normalized spacial score (nSPS) is 15.5. The van der Waals surface area contributed by atoms with E-state index in [2.05, 4.69) is 9.47 Å². The Bertz CT molecular complexity index is 426. The lowest BCUT2D eigenvalue weighted by atomic mass is 9.86. The van der Waals surface area contributed by atoms with Crippen LogP contribution in [0, 0.1) is 5.92 Å². The van der Waals surface area contributed by atoms with Gasteiger partial charge in [0.2, 0.25) is 0 Å². The number of esters is 3. The van der Waals surface area contributed by atoms with Crippen LogP contribution in [0.25, 0.3) is 0 Å². The van der Waals surface area contributed by atoms with Gasteiger partial charge in [-0.05, 0) is 25.7 Å². The summed E-state index contributed by atoms with van der Waals surface area (Å²) in [7, 11) is 3.59. The van der Waals surface area contributed by atoms with E-state index in [1.165, 1.54) is 21.3 Å². The van der Waals surface area contributed by atoms with Gasteiger partial charge >= 0.3 is 17.9 Å². The third-order valence-electron chi connectivity index (χ3n) is 3.91. The molecule has 1 saturated carbocycles. The van der Waals surface area contributed by atoms with Crippen LogP contribution in [0.5, 0.6) is 0 Å². The number of carbonyl (C=O) groups is 3. The first-order chi connectivity index (χ1) is 10.6. The van der Waals surface area contributed by atoms with Crippen molar-refractivity contribution in [3.8, 4) is 0 Å². The predicted molar refractivity (Wildman–Crippen MR) is 78.9 cm³/mol. The van der Waals surface area contributed by atoms with Crippen LogP contribution in [0.3, 0.4) is 0 Å². The van der Waals surface area contributed by atoms with E-state index in [0.29, 0.717) is 12.8 Å². The quantitative estimate of drug-likeness (QED) is 0.342. The van der Waals surface area contributed by atoms with Crippen LogP contribution in [0.1, 0.15) is 44.9 Å². The summed E-state index contributed by atoms with van der Waals surface area (Å²) in [5.74, 6) is -3.66. The second-order valence-corrected chi connectivity index (χ2v) is 5.26. The number of carbonyl (C=O) groups excluding carboxylic acids is 3. The van der Waals surface area contributed by atoms with Crippen molar-refractivity contribution in [2.75, 3.05) is 21.3 Å². The van der Waals surface area contributed by atoms with E-state index >= 15 is 0 Å². The molecule has 0 bridgehead atoms. The van der Waals surface area contributed by atoms with E-state index in [1.807, 2.05) is 0 Å². The van der Waals surface area contributed by atoms with Gasteiger partial charge in [-0.25, -0.2) is 4.79 Å². The molecule has 0 radical (unpaired) electrons. The number of allylic oxidation sites excluding steroid dienone is 1. The first-order valence-corrected chi connectivity index (χ1v) is 7.52. The standard InChI is InChI=1S/C16H24O6/c1-20-14(17)12(11-9-7-5-4-6-8-10-11)13(15(18)21-2)16(19)22-3/h13H,4-10H2,1-3H3. The molecule has 124 valence electrons. The maximum atomic E-state index is 12.2. The minimum atomic E-state index is -1.38. The maximum Gasteiger partial charge on any atom is 0.335 e. The van der Waals surface area contributed by atoms with Crippen molar-refractivity contribution in [2.45, 2.75) is 44.9 Å². The molecule has 1 rings (SSSR count). The third kappa shape index (κ3) is 4.58. The van der Waals surface area contributed by atoms with E-state index in [9.17, 15) is 14.4 Å². The zero-order valence-electron chi connectivity index (χ0n) is 13.5. The van der Waals surface area contributed by atoms with Gasteiger partial charge in [0.1, 0.15) is 0 Å². The summed E-state index contributed by atoms with van der Waals surface area (Å²) >= 11 is 0. The Morgan fingerprint density at radius 1 is 0.773 bits per heavy atom. The molecule has 1 fully saturated rings. The SMILES string of the molecule is COC(=O)C(=C1CCCCCCC1)C(C(=O)OC)C(=O)OC. The molecule has 22 heavy (non-hydrogen) atoms. The molecular weight excluding hydrogens is 288 g/mol. The fourth-order valence-electron chi connectivity index (χ4n) is 2.75. The Hall–Kier alpha value is -1.85. The van der Waals surface area contributed by atoms with Crippen molar-refractivity contribution >= 4 is 17.9 Å². The molecule has 1 aliphatic carbocycles. The average molecular weight is 312 g/mol. The number of hydrogen-bond donors (Lipinski definition) is 0. The Labute approximate surface area is 130 Å². The van der Waals surface area contributed by atoms with Gasteiger partial charge in [0.05, 0.1) is 26.9 Å². The highest BCUT2D eigenvalue weighted by Gasteiger charge is 2.38.